The Kier molecular flexibility index (Phi) is 5.23. The van der Waals surface area contributed by atoms with Crippen LogP contribution in [-0.4, -0.2) is 52.4 Å². The fourth-order valence-corrected chi connectivity index (χ4v) is 2.37. The lowest BCUT2D eigenvalue weighted by Crippen LogP contribution is -2.47. The molecule has 0 N–H and O–H groups in total. The number of hydrogen-bond acceptors (Lipinski definition) is 4. The van der Waals surface area contributed by atoms with Gasteiger partial charge in [0.1, 0.15) is 0 Å². The van der Waals surface area contributed by atoms with Gasteiger partial charge in [0.2, 0.25) is 0 Å². The van der Waals surface area contributed by atoms with E-state index in [1.165, 1.54) is 0 Å². The molecule has 0 bridgehead atoms. The van der Waals surface area contributed by atoms with Gasteiger partial charge in [0.05, 0.1) is 52.4 Å². The maximum Gasteiger partial charge on any atom is 0.0780 e. The molecule has 2 aliphatic rings. The molecule has 112 valence electrons. The Morgan fingerprint density at radius 2 is 1.47 bits per heavy atom. The van der Waals surface area contributed by atoms with Crippen LogP contribution in [0, 0.1) is 10.8 Å². The molecule has 0 aliphatic carbocycles. The fourth-order valence-electron chi connectivity index (χ4n) is 2.37. The second-order valence-electron chi connectivity index (χ2n) is 6.33. The van der Waals surface area contributed by atoms with Crippen molar-refractivity contribution in [2.24, 2.45) is 10.8 Å². The highest BCUT2D eigenvalue weighted by atomic mass is 16.5. The third-order valence-corrected chi connectivity index (χ3v) is 4.57. The molecule has 0 aromatic heterocycles. The smallest absolute Gasteiger partial charge is 0.0780 e. The Morgan fingerprint density at radius 1 is 0.947 bits per heavy atom. The van der Waals surface area contributed by atoms with Gasteiger partial charge in [-0.1, -0.05) is 13.8 Å². The van der Waals surface area contributed by atoms with Gasteiger partial charge in [-0.2, -0.15) is 0 Å². The van der Waals surface area contributed by atoms with Crippen molar-refractivity contribution in [1.82, 2.24) is 0 Å². The fraction of sp³-hybridized carbons (Fsp3) is 1.00. The van der Waals surface area contributed by atoms with Gasteiger partial charge in [0.25, 0.3) is 0 Å². The minimum atomic E-state index is 0.152. The van der Waals surface area contributed by atoms with E-state index in [0.717, 1.165) is 52.5 Å². The lowest BCUT2D eigenvalue weighted by molar-refractivity contribution is -0.175. The van der Waals surface area contributed by atoms with Crippen molar-refractivity contribution in [2.45, 2.75) is 39.7 Å². The van der Waals surface area contributed by atoms with Gasteiger partial charge >= 0.3 is 0 Å². The zero-order valence-corrected chi connectivity index (χ0v) is 12.6. The van der Waals surface area contributed by atoms with Crippen molar-refractivity contribution in [1.29, 1.82) is 0 Å². The van der Waals surface area contributed by atoms with Gasteiger partial charge in [-0.25, -0.2) is 0 Å². The highest BCUT2D eigenvalue weighted by Gasteiger charge is 2.38. The maximum atomic E-state index is 5.90. The van der Waals surface area contributed by atoms with E-state index in [0.29, 0.717) is 6.61 Å². The molecular weight excluding hydrogens is 244 g/mol. The standard InChI is InChI=1S/C15H28O4/c1-4-14(8-17-9-14)7-16-6-13(3)19-12-15(5-2)10-18-11-15/h13H,4-12H2,1-3H3. The minimum Gasteiger partial charge on any atom is -0.380 e. The van der Waals surface area contributed by atoms with E-state index in [1.807, 2.05) is 0 Å². The summed E-state index contributed by atoms with van der Waals surface area (Å²) < 4.78 is 22.3. The lowest BCUT2D eigenvalue weighted by atomic mass is 9.84. The van der Waals surface area contributed by atoms with Gasteiger partial charge < -0.3 is 18.9 Å². The van der Waals surface area contributed by atoms with E-state index >= 15 is 0 Å². The topological polar surface area (TPSA) is 36.9 Å². The van der Waals surface area contributed by atoms with Crippen molar-refractivity contribution < 1.29 is 18.9 Å². The Bertz CT molecular complexity index is 260. The van der Waals surface area contributed by atoms with Crippen molar-refractivity contribution in [3.8, 4) is 0 Å². The van der Waals surface area contributed by atoms with E-state index in [-0.39, 0.29) is 16.9 Å². The second-order valence-corrected chi connectivity index (χ2v) is 6.33. The zero-order valence-electron chi connectivity index (χ0n) is 12.6. The van der Waals surface area contributed by atoms with Gasteiger partial charge in [0, 0.05) is 10.8 Å². The average molecular weight is 272 g/mol. The van der Waals surface area contributed by atoms with Crippen molar-refractivity contribution in [2.75, 3.05) is 46.2 Å². The molecule has 1 atom stereocenters. The molecule has 0 aromatic carbocycles. The molecule has 1 unspecified atom stereocenters. The van der Waals surface area contributed by atoms with Gasteiger partial charge in [-0.15, -0.1) is 0 Å². The Balaban J connectivity index is 1.58. The van der Waals surface area contributed by atoms with E-state index in [4.69, 9.17) is 18.9 Å². The summed E-state index contributed by atoms with van der Waals surface area (Å²) in [6.45, 7) is 12.1. The van der Waals surface area contributed by atoms with E-state index in [1.54, 1.807) is 0 Å². The van der Waals surface area contributed by atoms with Gasteiger partial charge in [-0.05, 0) is 19.8 Å². The summed E-state index contributed by atoms with van der Waals surface area (Å²) in [6.07, 6.45) is 2.40. The molecule has 4 nitrogen and oxygen atoms in total. The van der Waals surface area contributed by atoms with E-state index < -0.39 is 0 Å². The first-order valence-corrected chi connectivity index (χ1v) is 7.48. The number of hydrogen-bond donors (Lipinski definition) is 0. The van der Waals surface area contributed by atoms with Gasteiger partial charge in [-0.3, -0.25) is 0 Å². The summed E-state index contributed by atoms with van der Waals surface area (Å²) in [5, 5.41) is 0. The van der Waals surface area contributed by atoms with Crippen LogP contribution < -0.4 is 0 Å². The molecule has 2 fully saturated rings. The van der Waals surface area contributed by atoms with Crippen LogP contribution in [-0.2, 0) is 18.9 Å². The first kappa shape index (κ1) is 15.2. The van der Waals surface area contributed by atoms with Crippen LogP contribution in [0.15, 0.2) is 0 Å². The molecule has 0 aromatic rings. The lowest BCUT2D eigenvalue weighted by Gasteiger charge is -2.41. The largest absolute Gasteiger partial charge is 0.380 e. The van der Waals surface area contributed by atoms with E-state index in [9.17, 15) is 0 Å². The summed E-state index contributed by atoms with van der Waals surface area (Å²) in [5.41, 5.74) is 0.535. The van der Waals surface area contributed by atoms with Crippen molar-refractivity contribution >= 4 is 0 Å². The predicted molar refractivity (Wildman–Crippen MR) is 73.3 cm³/mol. The number of ether oxygens (including phenoxy) is 4. The minimum absolute atomic E-state index is 0.152. The maximum absolute atomic E-state index is 5.90. The predicted octanol–water partition coefficient (Wildman–Crippen LogP) is 2.26. The quantitative estimate of drug-likeness (QED) is 0.645. The molecule has 2 rings (SSSR count). The molecule has 0 amide bonds. The molecular formula is C15H28O4. The molecule has 19 heavy (non-hydrogen) atoms. The van der Waals surface area contributed by atoms with Crippen molar-refractivity contribution in [3.05, 3.63) is 0 Å². The molecule has 0 saturated carbocycles. The summed E-state index contributed by atoms with van der Waals surface area (Å²) in [6, 6.07) is 0. The van der Waals surface area contributed by atoms with Crippen LogP contribution in [0.5, 0.6) is 0 Å². The molecule has 0 spiro atoms. The van der Waals surface area contributed by atoms with Crippen LogP contribution in [0.3, 0.4) is 0 Å². The molecule has 0 radical (unpaired) electrons. The molecule has 2 saturated heterocycles. The Hall–Kier alpha value is -0.160. The SMILES string of the molecule is CCC1(COCC(C)OCC2(CC)COC2)COC1. The highest BCUT2D eigenvalue weighted by Crippen LogP contribution is 2.32. The summed E-state index contributed by atoms with van der Waals surface area (Å²) in [5.74, 6) is 0. The second kappa shape index (κ2) is 6.53. The van der Waals surface area contributed by atoms with Crippen LogP contribution in [0.2, 0.25) is 0 Å². The van der Waals surface area contributed by atoms with Crippen LogP contribution in [0.25, 0.3) is 0 Å². The summed E-state index contributed by atoms with van der Waals surface area (Å²) >= 11 is 0. The molecule has 4 heteroatoms. The third-order valence-electron chi connectivity index (χ3n) is 4.57. The summed E-state index contributed by atoms with van der Waals surface area (Å²) in [7, 11) is 0. The molecule has 2 aliphatic heterocycles. The van der Waals surface area contributed by atoms with Crippen LogP contribution in [0.4, 0.5) is 0 Å². The summed E-state index contributed by atoms with van der Waals surface area (Å²) in [4.78, 5) is 0. The average Bonchev–Trinajstić information content (AvgIpc) is 2.32. The van der Waals surface area contributed by atoms with Crippen LogP contribution in [0.1, 0.15) is 33.6 Å². The third kappa shape index (κ3) is 3.69. The first-order chi connectivity index (χ1) is 9.14. The molecule has 2 heterocycles. The number of rotatable bonds is 9. The normalized spacial score (nSPS) is 25.4. The Labute approximate surface area is 116 Å². The highest BCUT2D eigenvalue weighted by molar-refractivity contribution is 4.85. The zero-order chi connectivity index (χ0) is 13.8. The van der Waals surface area contributed by atoms with Crippen LogP contribution >= 0.6 is 0 Å². The van der Waals surface area contributed by atoms with Gasteiger partial charge in [0.15, 0.2) is 0 Å². The monoisotopic (exact) mass is 272 g/mol. The Morgan fingerprint density at radius 3 is 1.89 bits per heavy atom. The first-order valence-electron chi connectivity index (χ1n) is 7.48. The van der Waals surface area contributed by atoms with E-state index in [2.05, 4.69) is 20.8 Å². The van der Waals surface area contributed by atoms with Crippen molar-refractivity contribution in [3.63, 3.8) is 0 Å².